The zero-order valence-electron chi connectivity index (χ0n) is 15.1. The van der Waals surface area contributed by atoms with Crippen molar-refractivity contribution in [2.75, 3.05) is 13.1 Å². The molecule has 3 aromatic rings. The van der Waals surface area contributed by atoms with E-state index in [2.05, 4.69) is 14.9 Å². The number of aromatic nitrogens is 3. The average Bonchev–Trinajstić information content (AvgIpc) is 3.10. The van der Waals surface area contributed by atoms with Gasteiger partial charge in [-0.15, -0.1) is 11.3 Å². The molecule has 1 unspecified atom stereocenters. The highest BCUT2D eigenvalue weighted by Crippen LogP contribution is 2.28. The van der Waals surface area contributed by atoms with Crippen molar-refractivity contribution in [1.82, 2.24) is 19.9 Å². The van der Waals surface area contributed by atoms with Gasteiger partial charge in [-0.2, -0.15) is 0 Å². The van der Waals surface area contributed by atoms with Gasteiger partial charge in [0.1, 0.15) is 16.6 Å². The molecule has 0 aliphatic carbocycles. The van der Waals surface area contributed by atoms with Crippen LogP contribution < -0.4 is 5.56 Å². The largest absolute Gasteiger partial charge is 0.311 e. The molecule has 3 heterocycles. The van der Waals surface area contributed by atoms with E-state index < -0.39 is 0 Å². The monoisotopic (exact) mass is 384 g/mol. The molecular formula is C20H21FN4OS. The molecule has 7 heteroatoms. The van der Waals surface area contributed by atoms with Gasteiger partial charge in [-0.25, -0.2) is 14.4 Å². The van der Waals surface area contributed by atoms with E-state index in [0.29, 0.717) is 5.82 Å². The summed E-state index contributed by atoms with van der Waals surface area (Å²) in [6, 6.07) is 8.05. The van der Waals surface area contributed by atoms with E-state index in [4.69, 9.17) is 4.98 Å². The summed E-state index contributed by atoms with van der Waals surface area (Å²) in [6.07, 6.45) is 2.12. The number of aryl methyl sites for hydroxylation is 1. The van der Waals surface area contributed by atoms with Gasteiger partial charge in [-0.3, -0.25) is 9.69 Å². The van der Waals surface area contributed by atoms with E-state index in [-0.39, 0.29) is 17.3 Å². The van der Waals surface area contributed by atoms with Crippen LogP contribution in [0.3, 0.4) is 0 Å². The molecule has 0 amide bonds. The first kappa shape index (κ1) is 18.0. The van der Waals surface area contributed by atoms with Crippen LogP contribution in [0.1, 0.15) is 35.3 Å². The van der Waals surface area contributed by atoms with Crippen molar-refractivity contribution in [3.63, 3.8) is 0 Å². The van der Waals surface area contributed by atoms with E-state index in [1.54, 1.807) is 29.5 Å². The summed E-state index contributed by atoms with van der Waals surface area (Å²) >= 11 is 1.63. The van der Waals surface area contributed by atoms with Crippen LogP contribution >= 0.6 is 11.3 Å². The molecule has 1 atom stereocenters. The Morgan fingerprint density at radius 3 is 2.89 bits per heavy atom. The molecule has 2 aromatic heterocycles. The number of likely N-dealkylation sites (tertiary alicyclic amines) is 1. The minimum Gasteiger partial charge on any atom is -0.311 e. The topological polar surface area (TPSA) is 61.9 Å². The third-order valence-corrected chi connectivity index (χ3v) is 5.69. The molecule has 27 heavy (non-hydrogen) atoms. The van der Waals surface area contributed by atoms with E-state index >= 15 is 0 Å². The fourth-order valence-corrected chi connectivity index (χ4v) is 4.42. The Bertz CT molecular complexity index is 982. The van der Waals surface area contributed by atoms with Gasteiger partial charge < -0.3 is 4.98 Å². The molecule has 0 spiro atoms. The normalized spacial score (nSPS) is 17.9. The lowest BCUT2D eigenvalue weighted by Crippen LogP contribution is -2.34. The van der Waals surface area contributed by atoms with Gasteiger partial charge >= 0.3 is 0 Å². The predicted molar refractivity (Wildman–Crippen MR) is 104 cm³/mol. The van der Waals surface area contributed by atoms with Crippen LogP contribution in [0.25, 0.3) is 11.3 Å². The number of hydrogen-bond acceptors (Lipinski definition) is 5. The lowest BCUT2D eigenvalue weighted by molar-refractivity contribution is 0.198. The first-order chi connectivity index (χ1) is 13.1. The second kappa shape index (κ2) is 7.70. The van der Waals surface area contributed by atoms with Crippen molar-refractivity contribution >= 4 is 11.3 Å². The van der Waals surface area contributed by atoms with E-state index in [0.717, 1.165) is 54.4 Å². The maximum atomic E-state index is 13.1. The maximum Gasteiger partial charge on any atom is 0.251 e. The zero-order valence-corrected chi connectivity index (χ0v) is 15.9. The lowest BCUT2D eigenvalue weighted by Gasteiger charge is -2.31. The van der Waals surface area contributed by atoms with E-state index in [1.807, 2.05) is 12.3 Å². The Labute approximate surface area is 160 Å². The smallest absolute Gasteiger partial charge is 0.251 e. The molecule has 1 saturated heterocycles. The standard InChI is InChI=1S/C20H21FN4OS/c1-13-22-17(9-19(26)23-13)15-3-2-8-25(10-15)11-20-24-18(12-27-20)14-4-6-16(21)7-5-14/h4-7,9,12,15H,2-3,8,10-11H2,1H3,(H,22,23,26). The Hall–Kier alpha value is -2.38. The van der Waals surface area contributed by atoms with E-state index in [1.165, 1.54) is 12.1 Å². The van der Waals surface area contributed by atoms with Crippen molar-refractivity contribution in [3.05, 3.63) is 68.4 Å². The third kappa shape index (κ3) is 4.31. The Kier molecular flexibility index (Phi) is 5.13. The highest BCUT2D eigenvalue weighted by molar-refractivity contribution is 7.09. The third-order valence-electron chi connectivity index (χ3n) is 4.85. The Morgan fingerprint density at radius 1 is 1.30 bits per heavy atom. The minimum atomic E-state index is -0.239. The summed E-state index contributed by atoms with van der Waals surface area (Å²) in [7, 11) is 0. The predicted octanol–water partition coefficient (Wildman–Crippen LogP) is 3.72. The fourth-order valence-electron chi connectivity index (χ4n) is 3.58. The minimum absolute atomic E-state index is 0.0847. The van der Waals surface area contributed by atoms with Crippen molar-refractivity contribution in [1.29, 1.82) is 0 Å². The zero-order chi connectivity index (χ0) is 18.8. The molecule has 4 rings (SSSR count). The highest BCUT2D eigenvalue weighted by atomic mass is 32.1. The van der Waals surface area contributed by atoms with Crippen molar-refractivity contribution < 1.29 is 4.39 Å². The Balaban J connectivity index is 1.45. The number of halogens is 1. The number of hydrogen-bond donors (Lipinski definition) is 1. The average molecular weight is 384 g/mol. The summed E-state index contributed by atoms with van der Waals surface area (Å²) in [5, 5.41) is 3.07. The maximum absolute atomic E-state index is 13.1. The second-order valence-corrected chi connectivity index (χ2v) is 7.91. The number of thiazole rings is 1. The summed E-state index contributed by atoms with van der Waals surface area (Å²) in [5.74, 6) is 0.701. The molecule has 1 fully saturated rings. The SMILES string of the molecule is Cc1nc(C2CCCN(Cc3nc(-c4ccc(F)cc4)cs3)C2)cc(=O)[nH]1. The first-order valence-electron chi connectivity index (χ1n) is 9.07. The molecule has 1 N–H and O–H groups in total. The van der Waals surface area contributed by atoms with Crippen LogP contribution in [0, 0.1) is 12.7 Å². The van der Waals surface area contributed by atoms with Crippen LogP contribution in [-0.2, 0) is 6.54 Å². The second-order valence-electron chi connectivity index (χ2n) is 6.96. The van der Waals surface area contributed by atoms with E-state index in [9.17, 15) is 9.18 Å². The van der Waals surface area contributed by atoms with Gasteiger partial charge in [0.15, 0.2) is 0 Å². The number of piperidine rings is 1. The van der Waals surface area contributed by atoms with Gasteiger partial charge in [0, 0.05) is 29.5 Å². The van der Waals surface area contributed by atoms with Crippen molar-refractivity contribution in [2.45, 2.75) is 32.2 Å². The van der Waals surface area contributed by atoms with Crippen molar-refractivity contribution in [3.8, 4) is 11.3 Å². The highest BCUT2D eigenvalue weighted by Gasteiger charge is 2.23. The van der Waals surface area contributed by atoms with Gasteiger partial charge in [-0.1, -0.05) is 0 Å². The van der Waals surface area contributed by atoms with Gasteiger partial charge in [0.2, 0.25) is 0 Å². The summed E-state index contributed by atoms with van der Waals surface area (Å²) in [5.41, 5.74) is 2.61. The van der Waals surface area contributed by atoms with Crippen LogP contribution in [-0.4, -0.2) is 32.9 Å². The molecule has 1 aliphatic heterocycles. The number of H-pyrrole nitrogens is 1. The molecule has 140 valence electrons. The summed E-state index contributed by atoms with van der Waals surface area (Å²) in [4.78, 5) is 26.1. The van der Waals surface area contributed by atoms with Crippen LogP contribution in [0.5, 0.6) is 0 Å². The van der Waals surface area contributed by atoms with Gasteiger partial charge in [0.05, 0.1) is 17.9 Å². The number of aromatic amines is 1. The summed E-state index contributed by atoms with van der Waals surface area (Å²) in [6.45, 7) is 4.49. The quantitative estimate of drug-likeness (QED) is 0.745. The molecule has 0 bridgehead atoms. The van der Waals surface area contributed by atoms with Gasteiger partial charge in [-0.05, 0) is 50.6 Å². The number of nitrogens with zero attached hydrogens (tertiary/aromatic N) is 3. The van der Waals surface area contributed by atoms with Crippen LogP contribution in [0.2, 0.25) is 0 Å². The first-order valence-corrected chi connectivity index (χ1v) is 9.95. The molecule has 1 aliphatic rings. The lowest BCUT2D eigenvalue weighted by atomic mass is 9.94. The summed E-state index contributed by atoms with van der Waals surface area (Å²) < 4.78 is 13.1. The Morgan fingerprint density at radius 2 is 2.11 bits per heavy atom. The number of rotatable bonds is 4. The molecular weight excluding hydrogens is 363 g/mol. The molecule has 0 saturated carbocycles. The van der Waals surface area contributed by atoms with Crippen LogP contribution in [0.15, 0.2) is 40.5 Å². The molecule has 0 radical (unpaired) electrons. The van der Waals surface area contributed by atoms with Gasteiger partial charge in [0.25, 0.3) is 5.56 Å². The van der Waals surface area contributed by atoms with Crippen LogP contribution in [0.4, 0.5) is 4.39 Å². The molecule has 5 nitrogen and oxygen atoms in total. The number of nitrogens with one attached hydrogen (secondary N) is 1. The molecule has 1 aromatic carbocycles. The number of benzene rings is 1. The van der Waals surface area contributed by atoms with Crippen molar-refractivity contribution in [2.24, 2.45) is 0 Å². The fraction of sp³-hybridized carbons (Fsp3) is 0.350.